The second-order valence-electron chi connectivity index (χ2n) is 7.71. The Bertz CT molecular complexity index is 1330. The van der Waals surface area contributed by atoms with Gasteiger partial charge >= 0.3 is 5.63 Å². The fraction of sp³-hybridized carbons (Fsp3) is 0.192. The first-order chi connectivity index (χ1) is 15.7. The van der Waals surface area contributed by atoms with Crippen LogP contribution in [0, 0.1) is 0 Å². The molecule has 162 valence electrons. The van der Waals surface area contributed by atoms with Crippen molar-refractivity contribution in [3.05, 3.63) is 88.3 Å². The lowest BCUT2D eigenvalue weighted by Gasteiger charge is -2.29. The lowest BCUT2D eigenvalue weighted by molar-refractivity contribution is 0.0882. The minimum atomic E-state index is -0.377. The number of nitrogens with zero attached hydrogens (tertiary/aromatic N) is 1. The summed E-state index contributed by atoms with van der Waals surface area (Å²) in [4.78, 5) is 15.0. The van der Waals surface area contributed by atoms with Gasteiger partial charge in [-0.15, -0.1) is 0 Å². The van der Waals surface area contributed by atoms with Crippen molar-refractivity contribution < 1.29 is 18.6 Å². The molecule has 1 aliphatic rings. The molecule has 0 saturated carbocycles. The van der Waals surface area contributed by atoms with Crippen LogP contribution in [0.4, 0.5) is 0 Å². The fourth-order valence-corrected chi connectivity index (χ4v) is 4.09. The predicted octanol–water partition coefficient (Wildman–Crippen LogP) is 4.83. The van der Waals surface area contributed by atoms with E-state index in [2.05, 4.69) is 4.90 Å². The first kappa shape index (κ1) is 20.2. The highest BCUT2D eigenvalue weighted by Gasteiger charge is 2.23. The van der Waals surface area contributed by atoms with Crippen LogP contribution < -0.4 is 19.8 Å². The van der Waals surface area contributed by atoms with Gasteiger partial charge in [-0.1, -0.05) is 30.3 Å². The molecule has 1 aromatic heterocycles. The number of para-hydroxylation sites is 1. The van der Waals surface area contributed by atoms with Crippen molar-refractivity contribution in [1.29, 1.82) is 0 Å². The van der Waals surface area contributed by atoms with Crippen LogP contribution in [0.3, 0.4) is 0 Å². The van der Waals surface area contributed by atoms with Gasteiger partial charge in [0.1, 0.15) is 29.6 Å². The third-order valence-corrected chi connectivity index (χ3v) is 5.73. The summed E-state index contributed by atoms with van der Waals surface area (Å²) in [6.45, 7) is 1.72. The Morgan fingerprint density at radius 1 is 0.969 bits per heavy atom. The summed E-state index contributed by atoms with van der Waals surface area (Å²) >= 11 is 0. The second kappa shape index (κ2) is 8.40. The van der Waals surface area contributed by atoms with E-state index in [1.807, 2.05) is 66.7 Å². The third kappa shape index (κ3) is 3.69. The highest BCUT2D eigenvalue weighted by Crippen LogP contribution is 2.34. The van der Waals surface area contributed by atoms with Gasteiger partial charge in [0.15, 0.2) is 0 Å². The molecule has 0 unspecified atom stereocenters. The summed E-state index contributed by atoms with van der Waals surface area (Å²) in [5.74, 6) is 2.32. The molecule has 32 heavy (non-hydrogen) atoms. The number of hydrogen-bond donors (Lipinski definition) is 0. The average Bonchev–Trinajstić information content (AvgIpc) is 2.84. The Kier molecular flexibility index (Phi) is 5.29. The maximum Gasteiger partial charge on any atom is 0.344 e. The number of rotatable bonds is 5. The van der Waals surface area contributed by atoms with Gasteiger partial charge in [-0.2, -0.15) is 0 Å². The van der Waals surface area contributed by atoms with Gasteiger partial charge in [0.25, 0.3) is 0 Å². The van der Waals surface area contributed by atoms with Crippen LogP contribution in [0.25, 0.3) is 22.1 Å². The van der Waals surface area contributed by atoms with Crippen molar-refractivity contribution in [2.45, 2.75) is 13.1 Å². The van der Waals surface area contributed by atoms with Crippen LogP contribution in [0.2, 0.25) is 0 Å². The molecule has 0 fully saturated rings. The van der Waals surface area contributed by atoms with Gasteiger partial charge in [-0.05, 0) is 42.0 Å². The van der Waals surface area contributed by atoms with Gasteiger partial charge in [0.2, 0.25) is 0 Å². The monoisotopic (exact) mass is 429 g/mol. The molecule has 3 aromatic carbocycles. The van der Waals surface area contributed by atoms with E-state index < -0.39 is 0 Å². The molecule has 0 spiro atoms. The number of fused-ring (bicyclic) bond motifs is 3. The van der Waals surface area contributed by atoms with E-state index in [0.29, 0.717) is 31.0 Å². The van der Waals surface area contributed by atoms with Crippen molar-refractivity contribution in [3.8, 4) is 28.4 Å². The number of benzene rings is 3. The zero-order valence-corrected chi connectivity index (χ0v) is 18.0. The molecule has 0 atom stereocenters. The number of hydrogen-bond acceptors (Lipinski definition) is 6. The molecule has 6 heteroatoms. The van der Waals surface area contributed by atoms with E-state index in [9.17, 15) is 4.79 Å². The van der Waals surface area contributed by atoms with Gasteiger partial charge < -0.3 is 18.6 Å². The van der Waals surface area contributed by atoms with Crippen molar-refractivity contribution in [3.63, 3.8) is 0 Å². The average molecular weight is 429 g/mol. The molecule has 0 saturated heterocycles. The molecular weight excluding hydrogens is 406 g/mol. The third-order valence-electron chi connectivity index (χ3n) is 5.73. The van der Waals surface area contributed by atoms with E-state index in [0.717, 1.165) is 39.3 Å². The Balaban J connectivity index is 1.49. The van der Waals surface area contributed by atoms with Gasteiger partial charge in [0, 0.05) is 24.0 Å². The molecule has 0 N–H and O–H groups in total. The first-order valence-corrected chi connectivity index (χ1v) is 10.4. The summed E-state index contributed by atoms with van der Waals surface area (Å²) in [6.07, 6.45) is 0. The quantitative estimate of drug-likeness (QED) is 0.424. The highest BCUT2D eigenvalue weighted by atomic mass is 16.5. The van der Waals surface area contributed by atoms with Crippen molar-refractivity contribution in [2.24, 2.45) is 0 Å². The molecule has 0 bridgehead atoms. The van der Waals surface area contributed by atoms with E-state index in [4.69, 9.17) is 18.6 Å². The SMILES string of the molecule is COc1ccc(-c2cc3ccc4c(c3oc2=O)CN(Cc2ccccc2OC)CO4)cc1. The maximum absolute atomic E-state index is 12.9. The topological polar surface area (TPSA) is 61.1 Å². The van der Waals surface area contributed by atoms with Crippen LogP contribution in [0.15, 0.2) is 75.9 Å². The Morgan fingerprint density at radius 2 is 1.78 bits per heavy atom. The first-order valence-electron chi connectivity index (χ1n) is 10.4. The number of ether oxygens (including phenoxy) is 3. The van der Waals surface area contributed by atoms with E-state index in [-0.39, 0.29) is 5.63 Å². The minimum absolute atomic E-state index is 0.377. The molecule has 2 heterocycles. The molecule has 0 radical (unpaired) electrons. The molecule has 0 amide bonds. The maximum atomic E-state index is 12.9. The zero-order chi connectivity index (χ0) is 22.1. The number of methoxy groups -OCH3 is 2. The van der Waals surface area contributed by atoms with Crippen LogP contribution in [-0.2, 0) is 13.1 Å². The molecular formula is C26H23NO5. The standard InChI is InChI=1S/C26H23NO5/c1-29-20-10-7-17(8-11-20)21-13-18-9-12-24-22(25(18)32-26(21)28)15-27(16-31-24)14-19-5-3-4-6-23(19)30-2/h3-13H,14-16H2,1-2H3. The lowest BCUT2D eigenvalue weighted by Crippen LogP contribution is -2.31. The Hall–Kier alpha value is -3.77. The van der Waals surface area contributed by atoms with E-state index >= 15 is 0 Å². The van der Waals surface area contributed by atoms with Crippen molar-refractivity contribution >= 4 is 11.0 Å². The summed E-state index contributed by atoms with van der Waals surface area (Å²) in [5, 5.41) is 0.858. The predicted molar refractivity (Wildman–Crippen MR) is 122 cm³/mol. The van der Waals surface area contributed by atoms with Gasteiger partial charge in [-0.3, -0.25) is 4.90 Å². The van der Waals surface area contributed by atoms with Crippen LogP contribution in [-0.4, -0.2) is 25.9 Å². The summed E-state index contributed by atoms with van der Waals surface area (Å²) in [5.41, 5.74) is 3.44. The van der Waals surface area contributed by atoms with Crippen LogP contribution in [0.1, 0.15) is 11.1 Å². The lowest BCUT2D eigenvalue weighted by atomic mass is 10.0. The molecule has 6 nitrogen and oxygen atoms in total. The van der Waals surface area contributed by atoms with Crippen molar-refractivity contribution in [2.75, 3.05) is 21.0 Å². The normalized spacial score (nSPS) is 13.4. The molecule has 1 aliphatic heterocycles. The Labute approximate surface area is 185 Å². The summed E-state index contributed by atoms with van der Waals surface area (Å²) < 4.78 is 22.5. The summed E-state index contributed by atoms with van der Waals surface area (Å²) in [7, 11) is 3.28. The van der Waals surface area contributed by atoms with Gasteiger partial charge in [0.05, 0.1) is 25.3 Å². The molecule has 5 rings (SSSR count). The minimum Gasteiger partial charge on any atom is -0.497 e. The van der Waals surface area contributed by atoms with Crippen molar-refractivity contribution in [1.82, 2.24) is 4.90 Å². The largest absolute Gasteiger partial charge is 0.497 e. The zero-order valence-electron chi connectivity index (χ0n) is 18.0. The summed E-state index contributed by atoms with van der Waals surface area (Å²) in [6, 6.07) is 21.0. The van der Waals surface area contributed by atoms with E-state index in [1.165, 1.54) is 0 Å². The highest BCUT2D eigenvalue weighted by molar-refractivity contribution is 5.86. The molecule has 4 aromatic rings. The molecule has 0 aliphatic carbocycles. The van der Waals surface area contributed by atoms with Crippen LogP contribution in [0.5, 0.6) is 17.2 Å². The Morgan fingerprint density at radius 3 is 2.56 bits per heavy atom. The van der Waals surface area contributed by atoms with E-state index in [1.54, 1.807) is 14.2 Å². The van der Waals surface area contributed by atoms with Gasteiger partial charge in [-0.25, -0.2) is 4.79 Å². The second-order valence-corrected chi connectivity index (χ2v) is 7.71. The fourth-order valence-electron chi connectivity index (χ4n) is 4.09. The smallest absolute Gasteiger partial charge is 0.344 e. The van der Waals surface area contributed by atoms with Crippen LogP contribution >= 0.6 is 0 Å².